The number of alkyl halides is 3. The highest BCUT2D eigenvalue weighted by molar-refractivity contribution is 6.42. The van der Waals surface area contributed by atoms with Gasteiger partial charge in [-0.25, -0.2) is 0 Å². The number of halogens is 5. The lowest BCUT2D eigenvalue weighted by atomic mass is 10.3. The molecule has 0 saturated carbocycles. The second-order valence-corrected chi connectivity index (χ2v) is 3.92. The van der Waals surface area contributed by atoms with Crippen molar-refractivity contribution in [2.45, 2.75) is 19.2 Å². The maximum absolute atomic E-state index is 12.2. The van der Waals surface area contributed by atoms with Gasteiger partial charge in [0, 0.05) is 6.07 Å². The Morgan fingerprint density at radius 3 is 2.25 bits per heavy atom. The van der Waals surface area contributed by atoms with Crippen molar-refractivity contribution in [2.75, 3.05) is 5.73 Å². The molecule has 0 fully saturated rings. The number of anilines is 1. The zero-order valence-electron chi connectivity index (χ0n) is 8.11. The summed E-state index contributed by atoms with van der Waals surface area (Å²) in [6, 6.07) is 2.39. The molecule has 2 nitrogen and oxygen atoms in total. The average Bonchev–Trinajstić information content (AvgIpc) is 2.12. The highest BCUT2D eigenvalue weighted by Crippen LogP contribution is 2.34. The van der Waals surface area contributed by atoms with Gasteiger partial charge in [0.25, 0.3) is 0 Å². The first-order valence-corrected chi connectivity index (χ1v) is 4.95. The SMILES string of the molecule is CC(Oc1cc(Cl)c(Cl)cc1N)C(F)(F)F. The van der Waals surface area contributed by atoms with Crippen LogP contribution in [0.1, 0.15) is 6.92 Å². The molecule has 0 heterocycles. The summed E-state index contributed by atoms with van der Waals surface area (Å²) in [4.78, 5) is 0. The Labute approximate surface area is 100 Å². The highest BCUT2D eigenvalue weighted by atomic mass is 35.5. The van der Waals surface area contributed by atoms with Crippen molar-refractivity contribution >= 4 is 28.9 Å². The third-order valence-corrected chi connectivity index (χ3v) is 2.54. The van der Waals surface area contributed by atoms with E-state index in [1.54, 1.807) is 0 Å². The number of rotatable bonds is 2. The summed E-state index contributed by atoms with van der Waals surface area (Å²) in [5.41, 5.74) is 5.45. The van der Waals surface area contributed by atoms with Gasteiger partial charge in [-0.05, 0) is 13.0 Å². The molecular formula is C9H8Cl2F3NO. The summed E-state index contributed by atoms with van der Waals surface area (Å²) in [7, 11) is 0. The first-order chi connectivity index (χ1) is 7.21. The lowest BCUT2D eigenvalue weighted by Crippen LogP contribution is -2.31. The molecule has 0 aliphatic carbocycles. The molecule has 0 aliphatic heterocycles. The van der Waals surface area contributed by atoms with Crippen molar-refractivity contribution in [3.63, 3.8) is 0 Å². The predicted octanol–water partition coefficient (Wildman–Crippen LogP) is 3.91. The van der Waals surface area contributed by atoms with Crippen LogP contribution in [0.5, 0.6) is 5.75 Å². The average molecular weight is 274 g/mol. The molecule has 0 radical (unpaired) electrons. The molecule has 7 heteroatoms. The molecule has 0 saturated heterocycles. The topological polar surface area (TPSA) is 35.2 Å². The quantitative estimate of drug-likeness (QED) is 0.830. The van der Waals surface area contributed by atoms with Crippen LogP contribution in [0.25, 0.3) is 0 Å². The van der Waals surface area contributed by atoms with Crippen LogP contribution < -0.4 is 10.5 Å². The van der Waals surface area contributed by atoms with Gasteiger partial charge in [-0.3, -0.25) is 0 Å². The number of hydrogen-bond donors (Lipinski definition) is 1. The van der Waals surface area contributed by atoms with E-state index in [-0.39, 0.29) is 21.5 Å². The number of benzene rings is 1. The van der Waals surface area contributed by atoms with Crippen LogP contribution in [0.4, 0.5) is 18.9 Å². The molecule has 1 aromatic carbocycles. The van der Waals surface area contributed by atoms with Crippen LogP contribution in [0.15, 0.2) is 12.1 Å². The van der Waals surface area contributed by atoms with Gasteiger partial charge < -0.3 is 10.5 Å². The second-order valence-electron chi connectivity index (χ2n) is 3.11. The van der Waals surface area contributed by atoms with Gasteiger partial charge >= 0.3 is 6.18 Å². The van der Waals surface area contributed by atoms with Crippen molar-refractivity contribution < 1.29 is 17.9 Å². The lowest BCUT2D eigenvalue weighted by molar-refractivity contribution is -0.189. The number of ether oxygens (including phenoxy) is 1. The minimum atomic E-state index is -4.46. The number of nitrogens with two attached hydrogens (primary N) is 1. The van der Waals surface area contributed by atoms with E-state index in [2.05, 4.69) is 4.74 Å². The zero-order chi connectivity index (χ0) is 12.5. The van der Waals surface area contributed by atoms with Crippen molar-refractivity contribution in [2.24, 2.45) is 0 Å². The maximum atomic E-state index is 12.2. The van der Waals surface area contributed by atoms with Crippen LogP contribution in [0.2, 0.25) is 10.0 Å². The summed E-state index contributed by atoms with van der Waals surface area (Å²) in [6.07, 6.45) is -6.43. The van der Waals surface area contributed by atoms with Crippen molar-refractivity contribution in [3.8, 4) is 5.75 Å². The van der Waals surface area contributed by atoms with Gasteiger partial charge in [0.2, 0.25) is 0 Å². The van der Waals surface area contributed by atoms with Crippen LogP contribution in [0, 0.1) is 0 Å². The van der Waals surface area contributed by atoms with E-state index < -0.39 is 12.3 Å². The van der Waals surface area contributed by atoms with Gasteiger partial charge in [0.1, 0.15) is 5.75 Å². The first kappa shape index (κ1) is 13.3. The molecule has 1 atom stereocenters. The van der Waals surface area contributed by atoms with Gasteiger partial charge in [-0.1, -0.05) is 23.2 Å². The van der Waals surface area contributed by atoms with E-state index >= 15 is 0 Å². The molecule has 0 aliphatic rings. The van der Waals surface area contributed by atoms with E-state index in [0.717, 1.165) is 13.0 Å². The predicted molar refractivity (Wildman–Crippen MR) is 57.0 cm³/mol. The van der Waals surface area contributed by atoms with E-state index in [0.29, 0.717) is 0 Å². The maximum Gasteiger partial charge on any atom is 0.425 e. The Kier molecular flexibility index (Phi) is 3.80. The summed E-state index contributed by atoms with van der Waals surface area (Å²) in [5.74, 6) is -0.140. The smallest absolute Gasteiger partial charge is 0.425 e. The van der Waals surface area contributed by atoms with Crippen molar-refractivity contribution in [1.82, 2.24) is 0 Å². The zero-order valence-corrected chi connectivity index (χ0v) is 9.62. The van der Waals surface area contributed by atoms with Crippen LogP contribution in [-0.4, -0.2) is 12.3 Å². The Balaban J connectivity index is 2.94. The monoisotopic (exact) mass is 273 g/mol. The molecule has 1 unspecified atom stereocenters. The third kappa shape index (κ3) is 3.09. The summed E-state index contributed by atoms with van der Waals surface area (Å²) >= 11 is 11.3. The summed E-state index contributed by atoms with van der Waals surface area (Å²) in [5, 5.41) is 0.242. The van der Waals surface area contributed by atoms with Gasteiger partial charge in [-0.15, -0.1) is 0 Å². The fourth-order valence-corrected chi connectivity index (χ4v) is 1.23. The van der Waals surface area contributed by atoms with E-state index in [9.17, 15) is 13.2 Å². The molecule has 1 rings (SSSR count). The molecule has 1 aromatic rings. The molecule has 16 heavy (non-hydrogen) atoms. The molecule has 0 bridgehead atoms. The van der Waals surface area contributed by atoms with E-state index in [1.165, 1.54) is 6.07 Å². The molecule has 0 aromatic heterocycles. The molecular weight excluding hydrogens is 266 g/mol. The Morgan fingerprint density at radius 2 is 1.75 bits per heavy atom. The third-order valence-electron chi connectivity index (χ3n) is 1.82. The fourth-order valence-electron chi connectivity index (χ4n) is 0.903. The normalized spacial score (nSPS) is 13.6. The van der Waals surface area contributed by atoms with Gasteiger partial charge in [-0.2, -0.15) is 13.2 Å². The lowest BCUT2D eigenvalue weighted by Gasteiger charge is -2.19. The Bertz CT molecular complexity index is 395. The van der Waals surface area contributed by atoms with E-state index in [4.69, 9.17) is 28.9 Å². The van der Waals surface area contributed by atoms with Crippen LogP contribution in [0.3, 0.4) is 0 Å². The first-order valence-electron chi connectivity index (χ1n) is 4.19. The van der Waals surface area contributed by atoms with Gasteiger partial charge in [0.15, 0.2) is 6.10 Å². The number of hydrogen-bond acceptors (Lipinski definition) is 2. The van der Waals surface area contributed by atoms with Crippen molar-refractivity contribution in [1.29, 1.82) is 0 Å². The van der Waals surface area contributed by atoms with Gasteiger partial charge in [0.05, 0.1) is 15.7 Å². The summed E-state index contributed by atoms with van der Waals surface area (Å²) in [6.45, 7) is 0.877. The Hall–Kier alpha value is -0.810. The second kappa shape index (κ2) is 4.59. The Morgan fingerprint density at radius 1 is 1.25 bits per heavy atom. The minimum absolute atomic E-state index is 0.00509. The molecule has 2 N–H and O–H groups in total. The minimum Gasteiger partial charge on any atom is -0.479 e. The van der Waals surface area contributed by atoms with Crippen molar-refractivity contribution in [3.05, 3.63) is 22.2 Å². The largest absolute Gasteiger partial charge is 0.479 e. The highest BCUT2D eigenvalue weighted by Gasteiger charge is 2.38. The summed E-state index contributed by atoms with van der Waals surface area (Å²) < 4.78 is 41.3. The molecule has 0 amide bonds. The van der Waals surface area contributed by atoms with Crippen LogP contribution in [-0.2, 0) is 0 Å². The molecule has 90 valence electrons. The molecule has 0 spiro atoms. The van der Waals surface area contributed by atoms with E-state index in [1.807, 2.05) is 0 Å². The number of nitrogen functional groups attached to an aromatic ring is 1. The fraction of sp³-hybridized carbons (Fsp3) is 0.333. The standard InChI is InChI=1S/C9H8Cl2F3NO/c1-4(9(12,13)14)16-8-3-6(11)5(10)2-7(8)15/h2-4H,15H2,1H3. The van der Waals surface area contributed by atoms with Crippen LogP contribution >= 0.6 is 23.2 Å².